The van der Waals surface area contributed by atoms with Crippen molar-refractivity contribution in [2.75, 3.05) is 13.6 Å². The number of carboxylic acids is 1. The molecule has 4 N–H and O–H groups in total. The summed E-state index contributed by atoms with van der Waals surface area (Å²) >= 11 is 0. The van der Waals surface area contributed by atoms with Crippen molar-refractivity contribution >= 4 is 17.8 Å². The zero-order valence-electron chi connectivity index (χ0n) is 20.3. The fourth-order valence-corrected chi connectivity index (χ4v) is 6.94. The number of nitrogens with one attached hydrogen (secondary N) is 1. The molecule has 2 bridgehead atoms. The number of piperidine rings is 1. The number of amides is 1. The third-order valence-corrected chi connectivity index (χ3v) is 8.68. The summed E-state index contributed by atoms with van der Waals surface area (Å²) in [7, 11) is 1.99. The van der Waals surface area contributed by atoms with Gasteiger partial charge in [-0.1, -0.05) is 18.2 Å². The molecule has 1 saturated heterocycles. The Morgan fingerprint density at radius 2 is 1.97 bits per heavy atom. The number of carbonyl (C=O) groups excluding carboxylic acids is 2. The van der Waals surface area contributed by atoms with Crippen LogP contribution in [0.25, 0.3) is 0 Å². The Morgan fingerprint density at radius 3 is 2.70 bits per heavy atom. The van der Waals surface area contributed by atoms with Gasteiger partial charge in [-0.15, -0.1) is 0 Å². The average molecular weight is 509 g/mol. The standard InChI is InChI=1S/C27H28N2O8/c1-29-11-10-26-21-15-4-7-19(22(21)37-23(26)18(31)8-9-27(26,35)20(29)13-15)36-25(34)28-17(24(32)33)12-14-2-5-16(30)6-3-14/h2-7,17,20,23,30,35H,8-13H2,1H3,(H,28,34)(H,32,33)/t17-,20-,23+,26?,27-/m1/s1. The van der Waals surface area contributed by atoms with E-state index >= 15 is 0 Å². The van der Waals surface area contributed by atoms with Crippen LogP contribution >= 0.6 is 0 Å². The van der Waals surface area contributed by atoms with Gasteiger partial charge in [-0.3, -0.25) is 4.79 Å². The molecule has 1 saturated carbocycles. The fraction of sp³-hybridized carbons (Fsp3) is 0.444. The van der Waals surface area contributed by atoms with Crippen molar-refractivity contribution in [2.45, 2.75) is 61.3 Å². The highest BCUT2D eigenvalue weighted by atomic mass is 16.6. The summed E-state index contributed by atoms with van der Waals surface area (Å²) in [6.45, 7) is 0.697. The van der Waals surface area contributed by atoms with E-state index in [4.69, 9.17) is 9.47 Å². The van der Waals surface area contributed by atoms with Gasteiger partial charge in [-0.25, -0.2) is 9.59 Å². The van der Waals surface area contributed by atoms with Gasteiger partial charge in [-0.05, 0) is 62.2 Å². The first kappa shape index (κ1) is 23.7. The van der Waals surface area contributed by atoms with Crippen LogP contribution in [-0.2, 0) is 27.8 Å². The van der Waals surface area contributed by atoms with E-state index in [1.807, 2.05) is 13.1 Å². The summed E-state index contributed by atoms with van der Waals surface area (Å²) in [6, 6.07) is 8.04. The van der Waals surface area contributed by atoms with Crippen LogP contribution in [0.3, 0.4) is 0 Å². The van der Waals surface area contributed by atoms with Crippen molar-refractivity contribution < 1.29 is 39.2 Å². The Bertz CT molecular complexity index is 1310. The van der Waals surface area contributed by atoms with Gasteiger partial charge in [0.05, 0.1) is 11.0 Å². The maximum Gasteiger partial charge on any atom is 0.413 e. The number of ketones is 1. The van der Waals surface area contributed by atoms with E-state index in [1.54, 1.807) is 18.2 Å². The number of carboxylic acid groups (broad SMARTS) is 1. The smallest absolute Gasteiger partial charge is 0.413 e. The third-order valence-electron chi connectivity index (χ3n) is 8.68. The van der Waals surface area contributed by atoms with Crippen LogP contribution < -0.4 is 14.8 Å². The minimum absolute atomic E-state index is 0.0140. The first-order valence-electron chi connectivity index (χ1n) is 12.4. The fourth-order valence-electron chi connectivity index (χ4n) is 6.94. The van der Waals surface area contributed by atoms with Crippen LogP contribution in [0.1, 0.15) is 36.0 Å². The third kappa shape index (κ3) is 3.35. The van der Waals surface area contributed by atoms with Crippen molar-refractivity contribution in [3.63, 3.8) is 0 Å². The molecule has 6 rings (SSSR count). The number of Topliss-reactive ketones (excluding diaryl/α,β-unsaturated/α-hetero) is 1. The number of likely N-dealkylation sites (N-methyl/N-ethyl adjacent to an activating group) is 1. The number of hydrogen-bond donors (Lipinski definition) is 4. The van der Waals surface area contributed by atoms with Gasteiger partial charge in [-0.2, -0.15) is 0 Å². The lowest BCUT2D eigenvalue weighted by Crippen LogP contribution is -2.76. The monoisotopic (exact) mass is 508 g/mol. The molecule has 10 nitrogen and oxygen atoms in total. The molecule has 5 atom stereocenters. The van der Waals surface area contributed by atoms with E-state index in [-0.39, 0.29) is 41.9 Å². The number of hydrogen-bond acceptors (Lipinski definition) is 8. The zero-order valence-corrected chi connectivity index (χ0v) is 20.3. The Hall–Kier alpha value is -3.63. The van der Waals surface area contributed by atoms with Crippen molar-refractivity contribution in [3.8, 4) is 17.2 Å². The normalized spacial score (nSPS) is 30.2. The minimum Gasteiger partial charge on any atom is -0.508 e. The number of carbonyl (C=O) groups is 3. The number of aromatic hydroxyl groups is 1. The summed E-state index contributed by atoms with van der Waals surface area (Å²) in [6.07, 6.45) is -0.159. The second-order valence-corrected chi connectivity index (χ2v) is 10.5. The van der Waals surface area contributed by atoms with Crippen molar-refractivity contribution in [3.05, 3.63) is 53.1 Å². The lowest BCUT2D eigenvalue weighted by atomic mass is 9.49. The SMILES string of the molecule is CN1CCC23c4c5ccc(OC(=O)N[C@H](Cc6ccc(O)cc6)C(=O)O)c4O[C@H]2C(=O)CC[C@@]3(O)[C@H]1C5. The lowest BCUT2D eigenvalue weighted by molar-refractivity contribution is -0.185. The van der Waals surface area contributed by atoms with Crippen LogP contribution in [-0.4, -0.2) is 75.4 Å². The molecule has 194 valence electrons. The van der Waals surface area contributed by atoms with Crippen LogP contribution in [0, 0.1) is 0 Å². The number of aliphatic carboxylic acids is 1. The van der Waals surface area contributed by atoms with Gasteiger partial charge < -0.3 is 35.0 Å². The van der Waals surface area contributed by atoms with E-state index < -0.39 is 35.2 Å². The summed E-state index contributed by atoms with van der Waals surface area (Å²) in [5, 5.41) is 33.5. The van der Waals surface area contributed by atoms with Gasteiger partial charge in [0.25, 0.3) is 0 Å². The number of likely N-dealkylation sites (tertiary alicyclic amines) is 1. The van der Waals surface area contributed by atoms with Crippen LogP contribution in [0.4, 0.5) is 4.79 Å². The molecule has 4 aliphatic rings. The molecule has 2 aliphatic heterocycles. The molecule has 2 fully saturated rings. The number of ether oxygens (including phenoxy) is 2. The molecule has 1 unspecified atom stereocenters. The highest BCUT2D eigenvalue weighted by molar-refractivity contribution is 5.90. The molecule has 0 radical (unpaired) electrons. The predicted octanol–water partition coefficient (Wildman–Crippen LogP) is 1.53. The quantitative estimate of drug-likeness (QED) is 0.472. The van der Waals surface area contributed by atoms with Crippen LogP contribution in [0.15, 0.2) is 36.4 Å². The maximum absolute atomic E-state index is 13.0. The first-order valence-corrected chi connectivity index (χ1v) is 12.4. The molecular formula is C27H28N2O8. The summed E-state index contributed by atoms with van der Waals surface area (Å²) in [4.78, 5) is 39.8. The molecular weight excluding hydrogens is 480 g/mol. The molecule has 2 aromatic rings. The van der Waals surface area contributed by atoms with Gasteiger partial charge in [0.15, 0.2) is 23.4 Å². The van der Waals surface area contributed by atoms with Gasteiger partial charge in [0.2, 0.25) is 0 Å². The van der Waals surface area contributed by atoms with Gasteiger partial charge >= 0.3 is 12.1 Å². The number of phenolic OH excluding ortho intramolecular Hbond substituents is 1. The molecule has 2 aromatic carbocycles. The maximum atomic E-state index is 13.0. The molecule has 2 aliphatic carbocycles. The molecule has 10 heteroatoms. The zero-order chi connectivity index (χ0) is 26.1. The van der Waals surface area contributed by atoms with Crippen LogP contribution in [0.2, 0.25) is 0 Å². The van der Waals surface area contributed by atoms with Crippen molar-refractivity contribution in [2.24, 2.45) is 0 Å². The topological polar surface area (TPSA) is 146 Å². The Balaban J connectivity index is 1.30. The number of benzene rings is 2. The number of nitrogens with zero attached hydrogens (tertiary/aromatic N) is 1. The molecule has 37 heavy (non-hydrogen) atoms. The molecule has 1 amide bonds. The van der Waals surface area contributed by atoms with E-state index in [0.29, 0.717) is 31.4 Å². The van der Waals surface area contributed by atoms with E-state index in [1.165, 1.54) is 12.1 Å². The highest BCUT2D eigenvalue weighted by Crippen LogP contribution is 2.64. The van der Waals surface area contributed by atoms with E-state index in [0.717, 1.165) is 11.1 Å². The average Bonchev–Trinajstić information content (AvgIpc) is 3.22. The minimum atomic E-state index is -1.27. The molecule has 2 heterocycles. The molecule has 0 aromatic heterocycles. The Morgan fingerprint density at radius 1 is 1.22 bits per heavy atom. The number of phenols is 1. The largest absolute Gasteiger partial charge is 0.508 e. The van der Waals surface area contributed by atoms with Gasteiger partial charge in [0.1, 0.15) is 11.8 Å². The number of rotatable bonds is 5. The first-order chi connectivity index (χ1) is 17.6. The van der Waals surface area contributed by atoms with Crippen molar-refractivity contribution in [1.82, 2.24) is 10.2 Å². The predicted molar refractivity (Wildman–Crippen MR) is 129 cm³/mol. The second kappa shape index (κ2) is 8.19. The summed E-state index contributed by atoms with van der Waals surface area (Å²) < 4.78 is 11.8. The number of aliphatic hydroxyl groups is 1. The van der Waals surface area contributed by atoms with Crippen molar-refractivity contribution in [1.29, 1.82) is 0 Å². The van der Waals surface area contributed by atoms with Gasteiger partial charge in [0, 0.05) is 24.4 Å². The highest BCUT2D eigenvalue weighted by Gasteiger charge is 2.72. The lowest BCUT2D eigenvalue weighted by Gasteiger charge is -2.61. The van der Waals surface area contributed by atoms with E-state index in [9.17, 15) is 29.7 Å². The molecule has 1 spiro atoms. The van der Waals surface area contributed by atoms with Crippen LogP contribution in [0.5, 0.6) is 17.2 Å². The Labute approximate surface area is 212 Å². The second-order valence-electron chi connectivity index (χ2n) is 10.5. The summed E-state index contributed by atoms with van der Waals surface area (Å²) in [5.41, 5.74) is 0.259. The van der Waals surface area contributed by atoms with E-state index in [2.05, 4.69) is 10.2 Å². The summed E-state index contributed by atoms with van der Waals surface area (Å²) in [5.74, 6) is -0.905. The Kier molecular flexibility index (Phi) is 5.26.